The van der Waals surface area contributed by atoms with Crippen LogP contribution in [0.4, 0.5) is 5.69 Å². The number of rotatable bonds is 9. The first-order valence-corrected chi connectivity index (χ1v) is 8.53. The maximum atomic E-state index is 12.2. The number of ether oxygens (including phenoxy) is 2. The van der Waals surface area contributed by atoms with Gasteiger partial charge in [0.2, 0.25) is 5.91 Å². The zero-order chi connectivity index (χ0) is 18.1. The van der Waals surface area contributed by atoms with Crippen LogP contribution < -0.4 is 14.8 Å². The van der Waals surface area contributed by atoms with Gasteiger partial charge in [0.25, 0.3) is 0 Å². The van der Waals surface area contributed by atoms with E-state index in [0.29, 0.717) is 30.5 Å². The van der Waals surface area contributed by atoms with Gasteiger partial charge in [0.05, 0.1) is 13.7 Å². The lowest BCUT2D eigenvalue weighted by Crippen LogP contribution is -2.35. The summed E-state index contributed by atoms with van der Waals surface area (Å²) in [6, 6.07) is 14.5. The van der Waals surface area contributed by atoms with Crippen LogP contribution in [0.25, 0.3) is 0 Å². The molecule has 2 aromatic carbocycles. The molecule has 0 aliphatic carbocycles. The molecule has 2 rings (SSSR count). The molecule has 0 saturated carbocycles. The maximum Gasteiger partial charge on any atom is 0.238 e. The monoisotopic (exact) mass is 362 g/mol. The Balaban J connectivity index is 1.77. The first-order valence-electron chi connectivity index (χ1n) is 8.15. The van der Waals surface area contributed by atoms with E-state index in [1.807, 2.05) is 42.2 Å². The number of amides is 1. The van der Waals surface area contributed by atoms with Crippen molar-refractivity contribution < 1.29 is 14.3 Å². The Bertz CT molecular complexity index is 677. The number of benzene rings is 2. The average molecular weight is 363 g/mol. The third-order valence-corrected chi connectivity index (χ3v) is 3.91. The van der Waals surface area contributed by atoms with E-state index in [1.165, 1.54) is 0 Å². The number of halogens is 1. The molecule has 134 valence electrons. The Labute approximate surface area is 153 Å². The molecule has 2 aromatic rings. The smallest absolute Gasteiger partial charge is 0.238 e. The molecule has 0 heterocycles. The van der Waals surface area contributed by atoms with Crippen molar-refractivity contribution in [1.29, 1.82) is 0 Å². The van der Waals surface area contributed by atoms with Crippen LogP contribution in [0.5, 0.6) is 11.5 Å². The minimum absolute atomic E-state index is 0.0680. The molecule has 0 aliphatic rings. The van der Waals surface area contributed by atoms with Crippen molar-refractivity contribution in [3.05, 3.63) is 53.6 Å². The van der Waals surface area contributed by atoms with Crippen LogP contribution >= 0.6 is 11.6 Å². The molecule has 0 aliphatic heterocycles. The van der Waals surface area contributed by atoms with Gasteiger partial charge in [0, 0.05) is 23.3 Å². The topological polar surface area (TPSA) is 50.8 Å². The van der Waals surface area contributed by atoms with E-state index in [-0.39, 0.29) is 5.91 Å². The van der Waals surface area contributed by atoms with E-state index in [2.05, 4.69) is 5.32 Å². The summed E-state index contributed by atoms with van der Waals surface area (Å²) in [7, 11) is 1.60. The maximum absolute atomic E-state index is 12.2. The summed E-state index contributed by atoms with van der Waals surface area (Å²) < 4.78 is 10.8. The van der Waals surface area contributed by atoms with E-state index in [0.717, 1.165) is 18.0 Å². The summed E-state index contributed by atoms with van der Waals surface area (Å²) >= 11 is 5.85. The van der Waals surface area contributed by atoms with E-state index < -0.39 is 0 Å². The highest BCUT2D eigenvalue weighted by Gasteiger charge is 2.10. The Morgan fingerprint density at radius 1 is 1.16 bits per heavy atom. The molecule has 0 saturated heterocycles. The summed E-state index contributed by atoms with van der Waals surface area (Å²) in [6.45, 7) is 4.24. The number of nitrogens with one attached hydrogen (secondary N) is 1. The van der Waals surface area contributed by atoms with Gasteiger partial charge in [-0.3, -0.25) is 9.69 Å². The summed E-state index contributed by atoms with van der Waals surface area (Å²) in [6.07, 6.45) is 0. The van der Waals surface area contributed by atoms with Crippen molar-refractivity contribution >= 4 is 23.2 Å². The molecule has 0 bridgehead atoms. The second-order valence-corrected chi connectivity index (χ2v) is 5.89. The molecule has 1 N–H and O–H groups in total. The largest absolute Gasteiger partial charge is 0.497 e. The minimum Gasteiger partial charge on any atom is -0.497 e. The molecule has 1 amide bonds. The minimum atomic E-state index is -0.0680. The molecule has 0 radical (unpaired) electrons. The van der Waals surface area contributed by atoms with Gasteiger partial charge in [-0.2, -0.15) is 0 Å². The van der Waals surface area contributed by atoms with Crippen LogP contribution in [0.3, 0.4) is 0 Å². The van der Waals surface area contributed by atoms with Crippen molar-refractivity contribution in [2.75, 3.05) is 38.7 Å². The molecule has 0 unspecified atom stereocenters. The van der Waals surface area contributed by atoms with Crippen molar-refractivity contribution in [1.82, 2.24) is 4.90 Å². The van der Waals surface area contributed by atoms with E-state index in [1.54, 1.807) is 25.3 Å². The summed E-state index contributed by atoms with van der Waals surface area (Å²) in [5, 5.41) is 3.56. The van der Waals surface area contributed by atoms with Crippen LogP contribution in [0.2, 0.25) is 5.02 Å². The van der Waals surface area contributed by atoms with Gasteiger partial charge in [0.1, 0.15) is 18.1 Å². The number of hydrogen-bond donors (Lipinski definition) is 1. The predicted molar refractivity (Wildman–Crippen MR) is 101 cm³/mol. The molecular formula is C19H23ClN2O3. The van der Waals surface area contributed by atoms with Gasteiger partial charge in [-0.1, -0.05) is 24.6 Å². The van der Waals surface area contributed by atoms with Gasteiger partial charge >= 0.3 is 0 Å². The van der Waals surface area contributed by atoms with Crippen LogP contribution in [-0.2, 0) is 4.79 Å². The molecule has 5 nitrogen and oxygen atoms in total. The number of likely N-dealkylation sites (N-methyl/N-ethyl adjacent to an activating group) is 1. The number of carbonyl (C=O) groups is 1. The standard InChI is InChI=1S/C19H23ClN2O3/c1-3-22(11-12-25-17-9-7-15(20)8-10-17)14-19(23)21-16-5-4-6-18(13-16)24-2/h4-10,13H,3,11-12,14H2,1-2H3,(H,21,23). The molecule has 6 heteroatoms. The third-order valence-electron chi connectivity index (χ3n) is 3.66. The third kappa shape index (κ3) is 6.64. The molecule has 0 atom stereocenters. The van der Waals surface area contributed by atoms with Crippen LogP contribution in [-0.4, -0.2) is 44.2 Å². The first kappa shape index (κ1) is 19.1. The van der Waals surface area contributed by atoms with Crippen molar-refractivity contribution in [2.24, 2.45) is 0 Å². The van der Waals surface area contributed by atoms with Crippen molar-refractivity contribution in [3.63, 3.8) is 0 Å². The summed E-state index contributed by atoms with van der Waals surface area (Å²) in [4.78, 5) is 14.2. The molecular weight excluding hydrogens is 340 g/mol. The molecule has 0 spiro atoms. The lowest BCUT2D eigenvalue weighted by atomic mass is 10.3. The Hall–Kier alpha value is -2.24. The van der Waals surface area contributed by atoms with E-state index in [9.17, 15) is 4.79 Å². The number of methoxy groups -OCH3 is 1. The summed E-state index contributed by atoms with van der Waals surface area (Å²) in [5.41, 5.74) is 0.720. The van der Waals surface area contributed by atoms with Gasteiger partial charge < -0.3 is 14.8 Å². The lowest BCUT2D eigenvalue weighted by molar-refractivity contribution is -0.117. The quantitative estimate of drug-likeness (QED) is 0.739. The Kier molecular flexibility index (Phi) is 7.57. The highest BCUT2D eigenvalue weighted by molar-refractivity contribution is 6.30. The lowest BCUT2D eigenvalue weighted by Gasteiger charge is -2.20. The van der Waals surface area contributed by atoms with Gasteiger partial charge in [0.15, 0.2) is 0 Å². The fourth-order valence-corrected chi connectivity index (χ4v) is 2.40. The highest BCUT2D eigenvalue weighted by atomic mass is 35.5. The molecule has 0 aromatic heterocycles. The van der Waals surface area contributed by atoms with Gasteiger partial charge in [-0.05, 0) is 42.9 Å². The molecule has 25 heavy (non-hydrogen) atoms. The summed E-state index contributed by atoms with van der Waals surface area (Å²) in [5.74, 6) is 1.41. The van der Waals surface area contributed by atoms with Crippen molar-refractivity contribution in [3.8, 4) is 11.5 Å². The van der Waals surface area contributed by atoms with Crippen LogP contribution in [0, 0.1) is 0 Å². The predicted octanol–water partition coefficient (Wildman–Crippen LogP) is 3.69. The normalized spacial score (nSPS) is 10.6. The SMILES string of the molecule is CCN(CCOc1ccc(Cl)cc1)CC(=O)Nc1cccc(OC)c1. The fourth-order valence-electron chi connectivity index (χ4n) is 2.28. The van der Waals surface area contributed by atoms with E-state index in [4.69, 9.17) is 21.1 Å². The zero-order valence-electron chi connectivity index (χ0n) is 14.5. The number of hydrogen-bond acceptors (Lipinski definition) is 4. The van der Waals surface area contributed by atoms with Crippen LogP contribution in [0.1, 0.15) is 6.92 Å². The van der Waals surface area contributed by atoms with E-state index >= 15 is 0 Å². The number of carbonyl (C=O) groups excluding carboxylic acids is 1. The highest BCUT2D eigenvalue weighted by Crippen LogP contribution is 2.17. The fraction of sp³-hybridized carbons (Fsp3) is 0.316. The molecule has 0 fully saturated rings. The van der Waals surface area contributed by atoms with Gasteiger partial charge in [-0.15, -0.1) is 0 Å². The number of anilines is 1. The van der Waals surface area contributed by atoms with Crippen LogP contribution in [0.15, 0.2) is 48.5 Å². The van der Waals surface area contributed by atoms with Crippen molar-refractivity contribution in [2.45, 2.75) is 6.92 Å². The Morgan fingerprint density at radius 3 is 2.60 bits per heavy atom. The average Bonchev–Trinajstić information content (AvgIpc) is 2.62. The van der Waals surface area contributed by atoms with Gasteiger partial charge in [-0.25, -0.2) is 0 Å². The zero-order valence-corrected chi connectivity index (χ0v) is 15.3. The number of nitrogens with zero attached hydrogens (tertiary/aromatic N) is 1. The second kappa shape index (κ2) is 9.91. The second-order valence-electron chi connectivity index (χ2n) is 5.45. The Morgan fingerprint density at radius 2 is 1.92 bits per heavy atom. The first-order chi connectivity index (χ1) is 12.1.